The lowest BCUT2D eigenvalue weighted by Gasteiger charge is -2.08. The predicted octanol–water partition coefficient (Wildman–Crippen LogP) is 6.28. The third-order valence-corrected chi connectivity index (χ3v) is 5.61. The molecule has 6 heteroatoms. The summed E-state index contributed by atoms with van der Waals surface area (Å²) in [5.41, 5.74) is 0.652. The number of hydrogen-bond acceptors (Lipinski definition) is 1. The van der Waals surface area contributed by atoms with Gasteiger partial charge in [0.25, 0.3) is 0 Å². The van der Waals surface area contributed by atoms with Crippen LogP contribution in [0.5, 0.6) is 0 Å². The summed E-state index contributed by atoms with van der Waals surface area (Å²) in [6.07, 6.45) is 0. The summed E-state index contributed by atoms with van der Waals surface area (Å²) in [6, 6.07) is 6.36. The van der Waals surface area contributed by atoms with Gasteiger partial charge in [-0.1, -0.05) is 29.3 Å². The minimum atomic E-state index is -0.475. The van der Waals surface area contributed by atoms with E-state index in [1.54, 1.807) is 6.07 Å². The van der Waals surface area contributed by atoms with Crippen LogP contribution in [-0.2, 0) is 0 Å². The molecule has 0 nitrogen and oxygen atoms in total. The van der Waals surface area contributed by atoms with Gasteiger partial charge in [-0.2, -0.15) is 0 Å². The van der Waals surface area contributed by atoms with Gasteiger partial charge in [-0.05, 0) is 39.7 Å². The monoisotopic (exact) mass is 372 g/mol. The Labute approximate surface area is 125 Å². The molecule has 0 radical (unpaired) electrons. The normalized spacial score (nSPS) is 12.8. The molecule has 17 heavy (non-hydrogen) atoms. The van der Waals surface area contributed by atoms with Gasteiger partial charge >= 0.3 is 0 Å². The van der Waals surface area contributed by atoms with Crippen LogP contribution in [0.2, 0.25) is 9.36 Å². The van der Waals surface area contributed by atoms with Gasteiger partial charge in [-0.15, -0.1) is 22.9 Å². The van der Waals surface area contributed by atoms with Crippen molar-refractivity contribution < 1.29 is 4.39 Å². The lowest BCUT2D eigenvalue weighted by Crippen LogP contribution is -1.91. The Morgan fingerprint density at radius 2 is 1.94 bits per heavy atom. The summed E-state index contributed by atoms with van der Waals surface area (Å²) in [4.78, 5) is 0.852. The molecule has 0 aliphatic carbocycles. The fourth-order valence-electron chi connectivity index (χ4n) is 1.32. The van der Waals surface area contributed by atoms with E-state index in [1.165, 1.54) is 23.5 Å². The second kappa shape index (κ2) is 5.45. The first-order chi connectivity index (χ1) is 7.99. The molecular weight excluding hydrogens is 369 g/mol. The van der Waals surface area contributed by atoms with Crippen molar-refractivity contribution in [2.75, 3.05) is 0 Å². The molecule has 1 unspecified atom stereocenters. The summed E-state index contributed by atoms with van der Waals surface area (Å²) in [5.74, 6) is -0.475. The van der Waals surface area contributed by atoms with Crippen molar-refractivity contribution in [3.05, 3.63) is 54.4 Å². The van der Waals surface area contributed by atoms with Gasteiger partial charge in [0.05, 0.1) is 10.4 Å². The molecule has 2 rings (SSSR count). The van der Waals surface area contributed by atoms with E-state index in [4.69, 9.17) is 34.8 Å². The quantitative estimate of drug-likeness (QED) is 0.542. The first-order valence-corrected chi connectivity index (χ1v) is 7.33. The molecule has 0 bridgehead atoms. The van der Waals surface area contributed by atoms with Gasteiger partial charge in [-0.25, -0.2) is 4.39 Å². The van der Waals surface area contributed by atoms with E-state index < -0.39 is 11.2 Å². The molecule has 0 fully saturated rings. The van der Waals surface area contributed by atoms with Crippen LogP contribution >= 0.6 is 62.1 Å². The molecule has 0 saturated heterocycles. The highest BCUT2D eigenvalue weighted by Gasteiger charge is 2.16. The van der Waals surface area contributed by atoms with E-state index in [0.29, 0.717) is 9.90 Å². The van der Waals surface area contributed by atoms with Gasteiger partial charge in [0.2, 0.25) is 0 Å². The average Bonchev–Trinajstić information content (AvgIpc) is 2.62. The molecule has 1 heterocycles. The standard InChI is InChI=1S/C11H5BrCl3FS/c12-6-4-9(17-11(6)15)10(14)5-1-2-7(13)8(16)3-5/h1-4,10H. The first kappa shape index (κ1) is 13.6. The van der Waals surface area contributed by atoms with E-state index in [1.807, 2.05) is 6.07 Å². The number of benzene rings is 1. The molecule has 0 amide bonds. The van der Waals surface area contributed by atoms with Crippen molar-refractivity contribution in [3.8, 4) is 0 Å². The van der Waals surface area contributed by atoms with Gasteiger partial charge in [0.1, 0.15) is 10.2 Å². The molecule has 0 aliphatic rings. The molecule has 1 atom stereocenters. The van der Waals surface area contributed by atoms with E-state index in [-0.39, 0.29) is 5.02 Å². The van der Waals surface area contributed by atoms with E-state index in [9.17, 15) is 4.39 Å². The highest BCUT2D eigenvalue weighted by molar-refractivity contribution is 9.10. The Bertz CT molecular complexity index is 536. The Kier molecular flexibility index (Phi) is 4.37. The number of halogens is 5. The summed E-state index contributed by atoms with van der Waals surface area (Å²) >= 11 is 22.5. The maximum Gasteiger partial charge on any atom is 0.142 e. The summed E-state index contributed by atoms with van der Waals surface area (Å²) in [6.45, 7) is 0. The zero-order chi connectivity index (χ0) is 12.6. The van der Waals surface area contributed by atoms with Crippen LogP contribution in [0.1, 0.15) is 15.8 Å². The predicted molar refractivity (Wildman–Crippen MR) is 76.1 cm³/mol. The molecule has 2 aromatic rings. The van der Waals surface area contributed by atoms with Crippen LogP contribution in [0.25, 0.3) is 0 Å². The second-order valence-corrected chi connectivity index (χ2v) is 6.69. The van der Waals surface area contributed by atoms with Crippen LogP contribution in [0.4, 0.5) is 4.39 Å². The molecule has 0 spiro atoms. The van der Waals surface area contributed by atoms with Crippen molar-refractivity contribution in [2.45, 2.75) is 5.38 Å². The van der Waals surface area contributed by atoms with Gasteiger partial charge < -0.3 is 0 Å². The lowest BCUT2D eigenvalue weighted by atomic mass is 10.1. The topological polar surface area (TPSA) is 0 Å². The molecule has 1 aromatic carbocycles. The van der Waals surface area contributed by atoms with Crippen LogP contribution in [0, 0.1) is 5.82 Å². The Morgan fingerprint density at radius 1 is 1.24 bits per heavy atom. The van der Waals surface area contributed by atoms with E-state index in [0.717, 1.165) is 9.35 Å². The van der Waals surface area contributed by atoms with Crippen molar-refractivity contribution in [2.24, 2.45) is 0 Å². The molecule has 0 aliphatic heterocycles. The molecule has 90 valence electrons. The average molecular weight is 374 g/mol. The summed E-state index contributed by atoms with van der Waals surface area (Å²) < 4.78 is 14.7. The van der Waals surface area contributed by atoms with Crippen molar-refractivity contribution in [1.82, 2.24) is 0 Å². The number of thiophene rings is 1. The number of hydrogen-bond donors (Lipinski definition) is 0. The van der Waals surface area contributed by atoms with Crippen LogP contribution in [0.3, 0.4) is 0 Å². The highest BCUT2D eigenvalue weighted by Crippen LogP contribution is 2.40. The maximum atomic E-state index is 13.3. The number of rotatable bonds is 2. The SMILES string of the molecule is Fc1cc(C(Cl)c2cc(Br)c(Cl)s2)ccc1Cl. The summed E-state index contributed by atoms with van der Waals surface area (Å²) in [7, 11) is 0. The second-order valence-electron chi connectivity index (χ2n) is 3.31. The smallest absolute Gasteiger partial charge is 0.142 e. The zero-order valence-electron chi connectivity index (χ0n) is 8.18. The van der Waals surface area contributed by atoms with Crippen molar-refractivity contribution in [3.63, 3.8) is 0 Å². The van der Waals surface area contributed by atoms with Gasteiger partial charge in [-0.3, -0.25) is 0 Å². The van der Waals surface area contributed by atoms with Crippen molar-refractivity contribution >= 4 is 62.1 Å². The third-order valence-electron chi connectivity index (χ3n) is 2.15. The van der Waals surface area contributed by atoms with Crippen LogP contribution in [-0.4, -0.2) is 0 Å². The Hall–Kier alpha value is 0.200. The largest absolute Gasteiger partial charge is 0.205 e. The molecule has 1 aromatic heterocycles. The third kappa shape index (κ3) is 2.96. The highest BCUT2D eigenvalue weighted by atomic mass is 79.9. The zero-order valence-corrected chi connectivity index (χ0v) is 12.9. The van der Waals surface area contributed by atoms with Crippen molar-refractivity contribution in [1.29, 1.82) is 0 Å². The number of alkyl halides is 1. The van der Waals surface area contributed by atoms with Gasteiger partial charge in [0.15, 0.2) is 0 Å². The molecule has 0 N–H and O–H groups in total. The fraction of sp³-hybridized carbons (Fsp3) is 0.0909. The van der Waals surface area contributed by atoms with E-state index in [2.05, 4.69) is 15.9 Å². The van der Waals surface area contributed by atoms with Gasteiger partial charge in [0, 0.05) is 9.35 Å². The Balaban J connectivity index is 2.36. The lowest BCUT2D eigenvalue weighted by molar-refractivity contribution is 0.626. The van der Waals surface area contributed by atoms with Crippen LogP contribution in [0.15, 0.2) is 28.7 Å². The van der Waals surface area contributed by atoms with Crippen LogP contribution < -0.4 is 0 Å². The molecule has 0 saturated carbocycles. The first-order valence-electron chi connectivity index (χ1n) is 4.53. The summed E-state index contributed by atoms with van der Waals surface area (Å²) in [5, 5.41) is -0.349. The minimum Gasteiger partial charge on any atom is -0.205 e. The fourth-order valence-corrected chi connectivity index (χ4v) is 3.51. The van der Waals surface area contributed by atoms with E-state index >= 15 is 0 Å². The maximum absolute atomic E-state index is 13.3. The Morgan fingerprint density at radius 3 is 2.47 bits per heavy atom. The minimum absolute atomic E-state index is 0.0861. The molecular formula is C11H5BrCl3FS.